The van der Waals surface area contributed by atoms with Crippen LogP contribution < -0.4 is 12.4 Å². The lowest BCUT2D eigenvalue weighted by Crippen LogP contribution is -3.00. The van der Waals surface area contributed by atoms with Crippen molar-refractivity contribution >= 4 is 5.97 Å². The Hall–Kier alpha value is -1.38. The number of carbonyl (C=O) groups excluding carboxylic acids is 1. The highest BCUT2D eigenvalue weighted by atomic mass is 35.5. The van der Waals surface area contributed by atoms with Gasteiger partial charge in [-0.3, -0.25) is 0 Å². The molecule has 194 valence electrons. The van der Waals surface area contributed by atoms with Gasteiger partial charge in [-0.1, -0.05) is 18.2 Å². The van der Waals surface area contributed by atoms with Gasteiger partial charge >= 0.3 is 5.97 Å². The van der Waals surface area contributed by atoms with E-state index < -0.39 is 77.9 Å². The van der Waals surface area contributed by atoms with E-state index in [-0.39, 0.29) is 31.9 Å². The van der Waals surface area contributed by atoms with Crippen molar-refractivity contribution in [3.63, 3.8) is 0 Å². The van der Waals surface area contributed by atoms with Crippen LogP contribution in [-0.2, 0) is 23.7 Å². The summed E-state index contributed by atoms with van der Waals surface area (Å²) in [5.41, 5.74) is -2.99. The third-order valence-electron chi connectivity index (χ3n) is 8.57. The second kappa shape index (κ2) is 8.06. The van der Waals surface area contributed by atoms with Crippen molar-refractivity contribution in [2.75, 3.05) is 13.2 Å². The molecule has 0 aromatic heterocycles. The number of carbonyl (C=O) groups is 1. The van der Waals surface area contributed by atoms with Gasteiger partial charge in [-0.05, 0) is 25.5 Å². The number of rotatable bonds is 6. The molecule has 5 N–H and O–H groups in total. The summed E-state index contributed by atoms with van der Waals surface area (Å²) in [7, 11) is 0. The zero-order chi connectivity index (χ0) is 24.1. The predicted molar refractivity (Wildman–Crippen MR) is 109 cm³/mol. The standard InChI is InChI=1S/C23H28O11.ClH/c1-20-9-22(29)13-7-23(20,32-18-16(27)15(26)14(25)12(8-24)31-18)21(13,19(33-20)34-22)10-30-17(28)11-5-3-2-4-6-11;/h2-6,12-16,18-19,24-27,29H,7-10H2,1H3;1H/p-1/t12-,13?,14-,15+,16-,18+,19?,20-,21-,22+,23+;/m1./s1. The monoisotopic (exact) mass is 515 g/mol. The molecule has 0 amide bonds. The molecule has 3 aliphatic carbocycles. The molecule has 1 aromatic carbocycles. The quantitative estimate of drug-likeness (QED) is 0.232. The summed E-state index contributed by atoms with van der Waals surface area (Å²) >= 11 is 0. The average Bonchev–Trinajstić information content (AvgIpc) is 3.00. The minimum Gasteiger partial charge on any atom is -1.00 e. The molecule has 11 atom stereocenters. The summed E-state index contributed by atoms with van der Waals surface area (Å²) < 4.78 is 29.7. The molecular formula is C23H28ClO11-. The molecule has 11 nitrogen and oxygen atoms in total. The number of hydrogen-bond acceptors (Lipinski definition) is 11. The zero-order valence-corrected chi connectivity index (χ0v) is 19.6. The Bertz CT molecular complexity index is 995. The molecule has 35 heavy (non-hydrogen) atoms. The molecule has 4 saturated heterocycles. The minimum atomic E-state index is -1.61. The van der Waals surface area contributed by atoms with E-state index in [1.165, 1.54) is 0 Å². The summed E-state index contributed by atoms with van der Waals surface area (Å²) in [5, 5.41) is 51.7. The Morgan fingerprint density at radius 2 is 1.83 bits per heavy atom. The van der Waals surface area contributed by atoms with E-state index in [0.717, 1.165) is 0 Å². The normalized spacial score (nSPS) is 51.0. The van der Waals surface area contributed by atoms with Crippen LogP contribution in [0.3, 0.4) is 0 Å². The van der Waals surface area contributed by atoms with Gasteiger partial charge < -0.3 is 61.6 Å². The Morgan fingerprint density at radius 3 is 2.51 bits per heavy atom. The highest BCUT2D eigenvalue weighted by Crippen LogP contribution is 2.81. The fourth-order valence-electron chi connectivity index (χ4n) is 6.87. The van der Waals surface area contributed by atoms with E-state index in [2.05, 4.69) is 0 Å². The third-order valence-corrected chi connectivity index (χ3v) is 8.57. The van der Waals surface area contributed by atoms with Crippen molar-refractivity contribution in [3.8, 4) is 0 Å². The van der Waals surface area contributed by atoms with Gasteiger partial charge in [0.15, 0.2) is 18.4 Å². The number of aliphatic hydroxyl groups is 5. The molecule has 1 aromatic rings. The third kappa shape index (κ3) is 3.02. The van der Waals surface area contributed by atoms with Gasteiger partial charge in [-0.25, -0.2) is 4.79 Å². The van der Waals surface area contributed by atoms with E-state index >= 15 is 0 Å². The number of hydrogen-bond donors (Lipinski definition) is 5. The number of halogens is 1. The summed E-state index contributed by atoms with van der Waals surface area (Å²) in [6.45, 7) is 0.985. The maximum atomic E-state index is 12.7. The van der Waals surface area contributed by atoms with E-state index in [0.29, 0.717) is 5.56 Å². The van der Waals surface area contributed by atoms with Gasteiger partial charge in [0.1, 0.15) is 42.2 Å². The fraction of sp³-hybridized carbons (Fsp3) is 0.696. The van der Waals surface area contributed by atoms with Crippen molar-refractivity contribution in [2.45, 2.75) is 73.8 Å². The lowest BCUT2D eigenvalue weighted by atomic mass is 9.41. The molecule has 4 aliphatic heterocycles. The van der Waals surface area contributed by atoms with Crippen LogP contribution in [0.15, 0.2) is 30.3 Å². The average molecular weight is 516 g/mol. The summed E-state index contributed by atoms with van der Waals surface area (Å²) in [4.78, 5) is 12.7. The lowest BCUT2D eigenvalue weighted by molar-refractivity contribution is -0.424. The van der Waals surface area contributed by atoms with E-state index in [9.17, 15) is 30.3 Å². The Morgan fingerprint density at radius 1 is 1.11 bits per heavy atom. The number of ether oxygens (including phenoxy) is 5. The zero-order valence-electron chi connectivity index (χ0n) is 18.8. The SMILES string of the molecule is C[C@]12C[C@]3(O)OC(O1)[C@@]1(COC(=O)c4ccccc4)C3C[C@@]12O[C@@H]1O[C@H](CO)[C@@H](O)[C@H](O)[C@H]1O.[Cl-]. The van der Waals surface area contributed by atoms with E-state index in [1.807, 2.05) is 0 Å². The lowest BCUT2D eigenvalue weighted by Gasteiger charge is -2.67. The maximum Gasteiger partial charge on any atom is 0.338 e. The van der Waals surface area contributed by atoms with Crippen LogP contribution in [0.4, 0.5) is 0 Å². The topological polar surface area (TPSA) is 164 Å². The van der Waals surface area contributed by atoms with Crippen molar-refractivity contribution in [1.82, 2.24) is 0 Å². The molecule has 8 rings (SSSR count). The molecular weight excluding hydrogens is 488 g/mol. The van der Waals surface area contributed by atoms with Crippen LogP contribution in [0.25, 0.3) is 0 Å². The van der Waals surface area contributed by atoms with Gasteiger partial charge in [0.25, 0.3) is 0 Å². The molecule has 0 radical (unpaired) electrons. The van der Waals surface area contributed by atoms with E-state index in [1.54, 1.807) is 37.3 Å². The number of aliphatic hydroxyl groups excluding tert-OH is 4. The van der Waals surface area contributed by atoms with Gasteiger partial charge in [0, 0.05) is 12.3 Å². The molecule has 4 heterocycles. The highest BCUT2D eigenvalue weighted by Gasteiger charge is 2.94. The van der Waals surface area contributed by atoms with Crippen molar-refractivity contribution in [3.05, 3.63) is 35.9 Å². The van der Waals surface area contributed by atoms with Crippen LogP contribution in [-0.4, -0.2) is 98.7 Å². The van der Waals surface area contributed by atoms with Crippen molar-refractivity contribution < 1.29 is 66.4 Å². The largest absolute Gasteiger partial charge is 1.00 e. The Labute approximate surface area is 206 Å². The van der Waals surface area contributed by atoms with Crippen molar-refractivity contribution in [1.29, 1.82) is 0 Å². The highest BCUT2D eigenvalue weighted by molar-refractivity contribution is 5.89. The summed E-state index contributed by atoms with van der Waals surface area (Å²) in [6, 6.07) is 8.47. The molecule has 6 bridgehead atoms. The second-order valence-corrected chi connectivity index (χ2v) is 10.2. The predicted octanol–water partition coefficient (Wildman–Crippen LogP) is -4.35. The Balaban J connectivity index is 0.00000253. The van der Waals surface area contributed by atoms with Gasteiger partial charge in [0.2, 0.25) is 0 Å². The molecule has 3 saturated carbocycles. The second-order valence-electron chi connectivity index (χ2n) is 10.2. The molecule has 0 spiro atoms. The molecule has 12 heteroatoms. The van der Waals surface area contributed by atoms with Gasteiger partial charge in [-0.2, -0.15) is 0 Å². The first-order valence-electron chi connectivity index (χ1n) is 11.4. The minimum absolute atomic E-state index is 0. The first-order chi connectivity index (χ1) is 16.1. The molecule has 7 aliphatic rings. The Kier molecular flexibility index (Phi) is 5.82. The fourth-order valence-corrected chi connectivity index (χ4v) is 6.87. The van der Waals surface area contributed by atoms with Crippen LogP contribution in [0.2, 0.25) is 0 Å². The van der Waals surface area contributed by atoms with Gasteiger partial charge in [0.05, 0.1) is 17.6 Å². The molecule has 2 unspecified atom stereocenters. The molecule has 7 fully saturated rings. The van der Waals surface area contributed by atoms with E-state index in [4.69, 9.17) is 23.7 Å². The summed E-state index contributed by atoms with van der Waals surface area (Å²) in [6.07, 6.45) is -7.87. The van der Waals surface area contributed by atoms with Gasteiger partial charge in [-0.15, -0.1) is 0 Å². The van der Waals surface area contributed by atoms with Crippen LogP contribution in [0.1, 0.15) is 30.1 Å². The summed E-state index contributed by atoms with van der Waals surface area (Å²) in [5.74, 6) is -2.49. The van der Waals surface area contributed by atoms with Crippen LogP contribution in [0.5, 0.6) is 0 Å². The van der Waals surface area contributed by atoms with Crippen molar-refractivity contribution in [2.24, 2.45) is 11.3 Å². The maximum absolute atomic E-state index is 12.7. The smallest absolute Gasteiger partial charge is 0.338 e. The first kappa shape index (κ1) is 25.3. The number of esters is 1. The first-order valence-corrected chi connectivity index (χ1v) is 11.4. The number of benzene rings is 1. The van der Waals surface area contributed by atoms with Crippen LogP contribution >= 0.6 is 0 Å². The van der Waals surface area contributed by atoms with Crippen LogP contribution in [0, 0.1) is 11.3 Å².